The Morgan fingerprint density at radius 3 is 2.36 bits per heavy atom. The van der Waals surface area contributed by atoms with Crippen LogP contribution in [0.1, 0.15) is 19.8 Å². The fourth-order valence-electron chi connectivity index (χ4n) is 4.79. The molecule has 0 amide bonds. The quantitative estimate of drug-likeness (QED) is 0.358. The summed E-state index contributed by atoms with van der Waals surface area (Å²) in [6, 6.07) is 0. The van der Waals surface area contributed by atoms with Crippen molar-refractivity contribution in [3.8, 4) is 0 Å². The van der Waals surface area contributed by atoms with Crippen LogP contribution in [0, 0.1) is 5.41 Å². The summed E-state index contributed by atoms with van der Waals surface area (Å²) in [5, 5.41) is 0. The highest BCUT2D eigenvalue weighted by Gasteiger charge is 2.56. The number of fused-ring (bicyclic) bond motifs is 1. The molecule has 0 saturated carbocycles. The third kappa shape index (κ3) is 3.80. The van der Waals surface area contributed by atoms with Gasteiger partial charge in [-0.1, -0.05) is 51.4 Å². The topological polar surface area (TPSA) is 35.5 Å². The fraction of sp³-hybridized carbons (Fsp3) is 0.750. The summed E-state index contributed by atoms with van der Waals surface area (Å²) in [7, 11) is -3.03. The van der Waals surface area contributed by atoms with Gasteiger partial charge < -0.3 is 14.3 Å². The minimum atomic E-state index is -1.58. The first-order chi connectivity index (χ1) is 11.5. The molecule has 1 aliphatic heterocycles. The molecule has 25 heavy (non-hydrogen) atoms. The van der Waals surface area contributed by atoms with Crippen LogP contribution in [0.4, 0.5) is 0 Å². The zero-order valence-corrected chi connectivity index (χ0v) is 19.1. The lowest BCUT2D eigenvalue weighted by Crippen LogP contribution is -2.56. The van der Waals surface area contributed by atoms with E-state index in [1.807, 2.05) is 13.0 Å². The van der Waals surface area contributed by atoms with E-state index in [1.165, 1.54) is 5.57 Å². The van der Waals surface area contributed by atoms with Crippen LogP contribution in [-0.4, -0.2) is 41.4 Å². The number of hydrogen-bond donors (Lipinski definition) is 0. The van der Waals surface area contributed by atoms with Crippen LogP contribution in [-0.2, 0) is 14.3 Å². The van der Waals surface area contributed by atoms with Crippen LogP contribution in [0.25, 0.3) is 0 Å². The average Bonchev–Trinajstić information content (AvgIpc) is 2.51. The molecule has 0 aromatic rings. The molecule has 0 radical (unpaired) electrons. The zero-order valence-electron chi connectivity index (χ0n) is 17.1. The van der Waals surface area contributed by atoms with Crippen molar-refractivity contribution in [1.29, 1.82) is 0 Å². The summed E-state index contributed by atoms with van der Waals surface area (Å²) in [4.78, 5) is 12.5. The second-order valence-electron chi connectivity index (χ2n) is 9.74. The van der Waals surface area contributed by atoms with Crippen molar-refractivity contribution in [2.24, 2.45) is 5.41 Å². The number of hydrogen-bond acceptors (Lipinski definition) is 3. The molecule has 3 nitrogen and oxygen atoms in total. The average molecular weight is 381 g/mol. The first-order valence-electron chi connectivity index (χ1n) is 9.58. The van der Waals surface area contributed by atoms with Gasteiger partial charge in [0.2, 0.25) is 0 Å². The normalized spacial score (nSPS) is 36.4. The van der Waals surface area contributed by atoms with Crippen molar-refractivity contribution in [2.45, 2.75) is 82.5 Å². The maximum atomic E-state index is 12.5. The highest BCUT2D eigenvalue weighted by Crippen LogP contribution is 2.57. The molecule has 5 heteroatoms. The zero-order chi connectivity index (χ0) is 19.0. The van der Waals surface area contributed by atoms with Gasteiger partial charge in [0.1, 0.15) is 6.29 Å². The molecule has 2 aliphatic rings. The third-order valence-corrected chi connectivity index (χ3v) is 11.6. The van der Waals surface area contributed by atoms with E-state index in [0.29, 0.717) is 17.7 Å². The van der Waals surface area contributed by atoms with Gasteiger partial charge in [0, 0.05) is 21.1 Å². The van der Waals surface area contributed by atoms with Crippen LogP contribution >= 0.6 is 0 Å². The molecule has 2 unspecified atom stereocenters. The molecule has 0 bridgehead atoms. The Hall–Kier alpha value is -0.496. The minimum Gasteiger partial charge on any atom is -0.353 e. The fourth-order valence-corrected chi connectivity index (χ4v) is 9.62. The van der Waals surface area contributed by atoms with Crippen molar-refractivity contribution >= 4 is 22.4 Å². The predicted molar refractivity (Wildman–Crippen MR) is 110 cm³/mol. The van der Waals surface area contributed by atoms with E-state index >= 15 is 0 Å². The smallest absolute Gasteiger partial charge is 0.158 e. The Morgan fingerprint density at radius 1 is 1.28 bits per heavy atom. The molecule has 0 aromatic carbocycles. The lowest BCUT2D eigenvalue weighted by Gasteiger charge is -2.54. The third-order valence-electron chi connectivity index (χ3n) is 6.07. The van der Waals surface area contributed by atoms with Gasteiger partial charge in [-0.25, -0.2) is 0 Å². The van der Waals surface area contributed by atoms with Gasteiger partial charge >= 0.3 is 0 Å². The molecular weight excluding hydrogens is 344 g/mol. The highest BCUT2D eigenvalue weighted by atomic mass is 28.3. The van der Waals surface area contributed by atoms with E-state index in [9.17, 15) is 4.79 Å². The van der Waals surface area contributed by atoms with Crippen molar-refractivity contribution < 1.29 is 14.3 Å². The van der Waals surface area contributed by atoms with E-state index in [4.69, 9.17) is 9.47 Å². The standard InChI is InChI=1S/C20H36O3Si2/c1-9-20(14-21)17(25(6,7)8)12-11-15-16(24(3,4)5)13-18(22-10-2)23-19(15)20/h9,11,14,16-19H,1,10,12-13H2,2-8H3/t16-,17?,18-,19-,20?/m0/s1. The molecule has 0 N–H and O–H groups in total. The van der Waals surface area contributed by atoms with Crippen LogP contribution < -0.4 is 0 Å². The Bertz CT molecular complexity index is 534. The van der Waals surface area contributed by atoms with Crippen molar-refractivity contribution in [3.63, 3.8) is 0 Å². The van der Waals surface area contributed by atoms with Gasteiger partial charge in [0.05, 0.1) is 19.6 Å². The molecule has 1 fully saturated rings. The number of aldehydes is 1. The molecule has 0 spiro atoms. The van der Waals surface area contributed by atoms with Crippen molar-refractivity contribution in [3.05, 3.63) is 24.3 Å². The number of ether oxygens (including phenoxy) is 2. The van der Waals surface area contributed by atoms with E-state index in [2.05, 4.69) is 51.9 Å². The Labute approximate surface area is 155 Å². The molecule has 2 rings (SSSR count). The van der Waals surface area contributed by atoms with Gasteiger partial charge in [-0.3, -0.25) is 0 Å². The van der Waals surface area contributed by atoms with E-state index in [-0.39, 0.29) is 12.4 Å². The number of carbonyl (C=O) groups excluding carboxylic acids is 1. The Balaban J connectivity index is 2.57. The summed E-state index contributed by atoms with van der Waals surface area (Å²) in [5.74, 6) is 0. The second-order valence-corrected chi connectivity index (χ2v) is 20.6. The maximum Gasteiger partial charge on any atom is 0.158 e. The summed E-state index contributed by atoms with van der Waals surface area (Å²) >= 11 is 0. The second kappa shape index (κ2) is 7.26. The molecule has 142 valence electrons. The number of carbonyl (C=O) groups is 1. The SMILES string of the molecule is C=CC1(C=O)C([Si](C)(C)C)CC=C2[C@@H]1O[C@H](OCC)C[C@@H]2[Si](C)(C)C. The Morgan fingerprint density at radius 2 is 1.92 bits per heavy atom. The first-order valence-corrected chi connectivity index (χ1v) is 16.7. The van der Waals surface area contributed by atoms with Crippen LogP contribution in [0.3, 0.4) is 0 Å². The van der Waals surface area contributed by atoms with Gasteiger partial charge in [0.15, 0.2) is 6.29 Å². The summed E-state index contributed by atoms with van der Waals surface area (Å²) < 4.78 is 12.3. The van der Waals surface area contributed by atoms with Crippen LogP contribution in [0.2, 0.25) is 50.4 Å². The summed E-state index contributed by atoms with van der Waals surface area (Å²) in [5.41, 5.74) is 1.52. The lowest BCUT2D eigenvalue weighted by molar-refractivity contribution is -0.196. The lowest BCUT2D eigenvalue weighted by atomic mass is 9.70. The molecule has 1 aliphatic carbocycles. The summed E-state index contributed by atoms with van der Waals surface area (Å²) in [6.45, 7) is 21.0. The van der Waals surface area contributed by atoms with Gasteiger partial charge in [-0.05, 0) is 30.0 Å². The first kappa shape index (κ1) is 20.8. The largest absolute Gasteiger partial charge is 0.353 e. The Kier molecular flexibility index (Phi) is 6.04. The van der Waals surface area contributed by atoms with Crippen LogP contribution in [0.5, 0.6) is 0 Å². The molecular formula is C20H36O3Si2. The van der Waals surface area contributed by atoms with Crippen molar-refractivity contribution in [2.75, 3.05) is 6.61 Å². The van der Waals surface area contributed by atoms with E-state index in [1.54, 1.807) is 0 Å². The molecule has 1 heterocycles. The van der Waals surface area contributed by atoms with Crippen molar-refractivity contribution in [1.82, 2.24) is 0 Å². The predicted octanol–water partition coefficient (Wildman–Crippen LogP) is 5.26. The molecule has 1 saturated heterocycles. The molecule has 0 aromatic heterocycles. The maximum absolute atomic E-state index is 12.5. The molecule has 5 atom stereocenters. The number of allylic oxidation sites excluding steroid dienone is 1. The van der Waals surface area contributed by atoms with Crippen LogP contribution in [0.15, 0.2) is 24.3 Å². The number of rotatable bonds is 6. The monoisotopic (exact) mass is 380 g/mol. The van der Waals surface area contributed by atoms with Gasteiger partial charge in [0.25, 0.3) is 0 Å². The highest BCUT2D eigenvalue weighted by molar-refractivity contribution is 6.78. The van der Waals surface area contributed by atoms with E-state index < -0.39 is 21.6 Å². The van der Waals surface area contributed by atoms with Gasteiger partial charge in [-0.2, -0.15) is 0 Å². The van der Waals surface area contributed by atoms with E-state index in [0.717, 1.165) is 19.1 Å². The summed E-state index contributed by atoms with van der Waals surface area (Å²) in [6.07, 6.45) is 6.88. The van der Waals surface area contributed by atoms with Gasteiger partial charge in [-0.15, -0.1) is 6.58 Å². The minimum absolute atomic E-state index is 0.213.